The van der Waals surface area contributed by atoms with Crippen molar-refractivity contribution in [3.05, 3.63) is 68.3 Å². The summed E-state index contributed by atoms with van der Waals surface area (Å²) in [7, 11) is 4.18. The molecule has 2 rings (SSSR count). The Labute approximate surface area is 131 Å². The fraction of sp³-hybridized carbons (Fsp3) is 0.188. The average Bonchev–Trinajstić information content (AvgIpc) is 2.54. The number of aryl methyl sites for hydroxylation is 1. The van der Waals surface area contributed by atoms with Crippen LogP contribution in [-0.4, -0.2) is 22.0 Å². The van der Waals surface area contributed by atoms with Crippen LogP contribution >= 0.6 is 0 Å². The highest BCUT2D eigenvalue weighted by Gasteiger charge is 2.09. The number of aromatic nitrogens is 2. The standard InChI is InChI=1S/C16H15FN2O4/c1-18-9-11(15(21)19(2)16(18)22)4-6-13(20)10-5-7-14(23-3)12(17)8-10/h4-9H,1-3H3. The van der Waals surface area contributed by atoms with E-state index in [1.54, 1.807) is 0 Å². The quantitative estimate of drug-likeness (QED) is 0.626. The van der Waals surface area contributed by atoms with Crippen LogP contribution < -0.4 is 16.0 Å². The smallest absolute Gasteiger partial charge is 0.330 e. The SMILES string of the molecule is COc1ccc(C(=O)C=Cc2cn(C)c(=O)n(C)c2=O)cc1F. The van der Waals surface area contributed by atoms with Crippen LogP contribution in [0.1, 0.15) is 15.9 Å². The summed E-state index contributed by atoms with van der Waals surface area (Å²) in [5.41, 5.74) is -0.674. The number of carbonyl (C=O) groups excluding carboxylic acids is 1. The molecule has 0 saturated carbocycles. The van der Waals surface area contributed by atoms with E-state index >= 15 is 0 Å². The summed E-state index contributed by atoms with van der Waals surface area (Å²) in [6.07, 6.45) is 3.79. The molecule has 0 amide bonds. The maximum atomic E-state index is 13.6. The molecule has 2 aromatic rings. The van der Waals surface area contributed by atoms with Gasteiger partial charge in [-0.2, -0.15) is 0 Å². The largest absolute Gasteiger partial charge is 0.494 e. The number of benzene rings is 1. The molecular formula is C16H15FN2O4. The van der Waals surface area contributed by atoms with Crippen molar-refractivity contribution in [1.82, 2.24) is 9.13 Å². The summed E-state index contributed by atoms with van der Waals surface area (Å²) in [5.74, 6) is -1.08. The molecule has 0 spiro atoms. The molecule has 0 aliphatic rings. The number of hydrogen-bond donors (Lipinski definition) is 0. The number of methoxy groups -OCH3 is 1. The van der Waals surface area contributed by atoms with Crippen LogP contribution in [0.5, 0.6) is 5.75 Å². The third-order valence-corrected chi connectivity index (χ3v) is 3.32. The van der Waals surface area contributed by atoms with Crippen LogP contribution in [0.25, 0.3) is 6.08 Å². The molecule has 1 aromatic heterocycles. The van der Waals surface area contributed by atoms with Gasteiger partial charge < -0.3 is 9.30 Å². The Morgan fingerprint density at radius 2 is 1.96 bits per heavy atom. The van der Waals surface area contributed by atoms with E-state index in [1.165, 1.54) is 50.2 Å². The van der Waals surface area contributed by atoms with Crippen molar-refractivity contribution in [3.8, 4) is 5.75 Å². The minimum Gasteiger partial charge on any atom is -0.494 e. The van der Waals surface area contributed by atoms with Gasteiger partial charge in [-0.25, -0.2) is 9.18 Å². The number of halogens is 1. The van der Waals surface area contributed by atoms with Gasteiger partial charge in [0.05, 0.1) is 12.7 Å². The van der Waals surface area contributed by atoms with Crippen molar-refractivity contribution in [3.63, 3.8) is 0 Å². The second-order valence-electron chi connectivity index (χ2n) is 4.89. The molecule has 1 heterocycles. The molecular weight excluding hydrogens is 303 g/mol. The zero-order valence-corrected chi connectivity index (χ0v) is 12.9. The Bertz CT molecular complexity index is 909. The maximum Gasteiger partial charge on any atom is 0.330 e. The van der Waals surface area contributed by atoms with Crippen molar-refractivity contribution in [1.29, 1.82) is 0 Å². The van der Waals surface area contributed by atoms with E-state index in [1.807, 2.05) is 0 Å². The molecule has 0 radical (unpaired) electrons. The van der Waals surface area contributed by atoms with Gasteiger partial charge in [-0.3, -0.25) is 14.2 Å². The molecule has 0 atom stereocenters. The van der Waals surface area contributed by atoms with Gasteiger partial charge in [0.25, 0.3) is 5.56 Å². The van der Waals surface area contributed by atoms with Crippen LogP contribution in [0.2, 0.25) is 0 Å². The van der Waals surface area contributed by atoms with Crippen LogP contribution in [0.15, 0.2) is 40.1 Å². The minimum atomic E-state index is -0.648. The lowest BCUT2D eigenvalue weighted by atomic mass is 10.1. The zero-order valence-electron chi connectivity index (χ0n) is 12.9. The predicted molar refractivity (Wildman–Crippen MR) is 83.2 cm³/mol. The third kappa shape index (κ3) is 3.28. The average molecular weight is 318 g/mol. The van der Waals surface area contributed by atoms with Crippen LogP contribution in [0.3, 0.4) is 0 Å². The van der Waals surface area contributed by atoms with Gasteiger partial charge in [-0.05, 0) is 30.4 Å². The first kappa shape index (κ1) is 16.4. The maximum absolute atomic E-state index is 13.6. The second-order valence-corrected chi connectivity index (χ2v) is 4.89. The van der Waals surface area contributed by atoms with Crippen molar-refractivity contribution in [2.75, 3.05) is 7.11 Å². The monoisotopic (exact) mass is 318 g/mol. The summed E-state index contributed by atoms with van der Waals surface area (Å²) in [6, 6.07) is 3.83. The van der Waals surface area contributed by atoms with E-state index in [0.717, 1.165) is 16.7 Å². The first-order valence-electron chi connectivity index (χ1n) is 6.67. The Morgan fingerprint density at radius 1 is 1.26 bits per heavy atom. The highest BCUT2D eigenvalue weighted by Crippen LogP contribution is 2.18. The number of carbonyl (C=O) groups is 1. The van der Waals surface area contributed by atoms with Crippen LogP contribution in [0, 0.1) is 5.82 Å². The molecule has 6 nitrogen and oxygen atoms in total. The zero-order chi connectivity index (χ0) is 17.1. The number of rotatable bonds is 4. The predicted octanol–water partition coefficient (Wildman–Crippen LogP) is 1.13. The van der Waals surface area contributed by atoms with Crippen molar-refractivity contribution in [2.24, 2.45) is 14.1 Å². The molecule has 0 N–H and O–H groups in total. The van der Waals surface area contributed by atoms with Crippen molar-refractivity contribution in [2.45, 2.75) is 0 Å². The highest BCUT2D eigenvalue weighted by atomic mass is 19.1. The number of allylic oxidation sites excluding steroid dienone is 1. The molecule has 120 valence electrons. The Balaban J connectivity index is 2.34. The van der Waals surface area contributed by atoms with Gasteiger partial charge in [-0.1, -0.05) is 0 Å². The summed E-state index contributed by atoms with van der Waals surface area (Å²) in [5, 5.41) is 0. The van der Waals surface area contributed by atoms with E-state index in [2.05, 4.69) is 0 Å². The lowest BCUT2D eigenvalue weighted by Gasteiger charge is -2.04. The molecule has 0 saturated heterocycles. The number of hydrogen-bond acceptors (Lipinski definition) is 4. The van der Waals surface area contributed by atoms with Crippen LogP contribution in [-0.2, 0) is 14.1 Å². The van der Waals surface area contributed by atoms with Crippen molar-refractivity contribution < 1.29 is 13.9 Å². The van der Waals surface area contributed by atoms with Gasteiger partial charge in [0, 0.05) is 25.9 Å². The van der Waals surface area contributed by atoms with Crippen molar-refractivity contribution >= 4 is 11.9 Å². The summed E-state index contributed by atoms with van der Waals surface area (Å²) < 4.78 is 20.6. The molecule has 0 aliphatic heterocycles. The van der Waals surface area contributed by atoms with Gasteiger partial charge in [0.1, 0.15) is 0 Å². The normalized spacial score (nSPS) is 11.0. The van der Waals surface area contributed by atoms with Gasteiger partial charge in [-0.15, -0.1) is 0 Å². The number of ether oxygens (including phenoxy) is 1. The Morgan fingerprint density at radius 3 is 2.57 bits per heavy atom. The molecule has 23 heavy (non-hydrogen) atoms. The van der Waals surface area contributed by atoms with E-state index < -0.39 is 22.8 Å². The molecule has 0 fully saturated rings. The minimum absolute atomic E-state index is 0.0393. The van der Waals surface area contributed by atoms with E-state index in [-0.39, 0.29) is 16.9 Å². The molecule has 1 aromatic carbocycles. The van der Waals surface area contributed by atoms with E-state index in [4.69, 9.17) is 4.74 Å². The van der Waals surface area contributed by atoms with Gasteiger partial charge in [0.15, 0.2) is 17.3 Å². The van der Waals surface area contributed by atoms with Crippen LogP contribution in [0.4, 0.5) is 4.39 Å². The Hall–Kier alpha value is -2.96. The summed E-state index contributed by atoms with van der Waals surface area (Å²) in [6.45, 7) is 0. The number of ketones is 1. The summed E-state index contributed by atoms with van der Waals surface area (Å²) >= 11 is 0. The number of nitrogens with zero attached hydrogens (tertiary/aromatic N) is 2. The highest BCUT2D eigenvalue weighted by molar-refractivity contribution is 6.06. The molecule has 7 heteroatoms. The van der Waals surface area contributed by atoms with E-state index in [9.17, 15) is 18.8 Å². The fourth-order valence-electron chi connectivity index (χ4n) is 2.03. The molecule has 0 bridgehead atoms. The second kappa shape index (κ2) is 6.43. The molecule has 0 aliphatic carbocycles. The summed E-state index contributed by atoms with van der Waals surface area (Å²) in [4.78, 5) is 35.6. The van der Waals surface area contributed by atoms with E-state index in [0.29, 0.717) is 0 Å². The third-order valence-electron chi connectivity index (χ3n) is 3.32. The molecule has 0 unspecified atom stereocenters. The van der Waals surface area contributed by atoms with Gasteiger partial charge >= 0.3 is 5.69 Å². The lowest BCUT2D eigenvalue weighted by Crippen LogP contribution is -2.37. The van der Waals surface area contributed by atoms with Gasteiger partial charge in [0.2, 0.25) is 0 Å². The Kier molecular flexibility index (Phi) is 4.59. The lowest BCUT2D eigenvalue weighted by molar-refractivity contribution is 0.104. The fourth-order valence-corrected chi connectivity index (χ4v) is 2.03. The topological polar surface area (TPSA) is 70.3 Å². The first-order valence-corrected chi connectivity index (χ1v) is 6.67. The first-order chi connectivity index (χ1) is 10.8.